The number of methoxy groups -OCH3 is 1. The molecule has 7 heteroatoms. The monoisotopic (exact) mass is 301 g/mol. The highest BCUT2D eigenvalue weighted by Crippen LogP contribution is 2.28. The fourth-order valence-corrected chi connectivity index (χ4v) is 2.10. The van der Waals surface area contributed by atoms with Crippen LogP contribution < -0.4 is 10.5 Å². The van der Waals surface area contributed by atoms with Crippen molar-refractivity contribution in [1.82, 2.24) is 20.2 Å². The molecule has 0 radical (unpaired) electrons. The highest BCUT2D eigenvalue weighted by atomic mass is 35.5. The molecular formula is C14H12ClN5O. The standard InChI is InChI=1S/C14H12ClN5O/c1-21-13-8-9(2-7-12(13)16)14-17-18-19-20(14)11-5-3-10(15)4-6-11/h2-8H,16H2,1H3. The predicted molar refractivity (Wildman–Crippen MR) is 80.6 cm³/mol. The number of benzene rings is 2. The molecule has 0 aliphatic heterocycles. The van der Waals surface area contributed by atoms with Gasteiger partial charge in [0.25, 0.3) is 0 Å². The molecule has 0 spiro atoms. The summed E-state index contributed by atoms with van der Waals surface area (Å²) >= 11 is 5.90. The molecule has 3 aromatic rings. The number of halogens is 1. The lowest BCUT2D eigenvalue weighted by atomic mass is 10.1. The van der Waals surface area contributed by atoms with Gasteiger partial charge in [-0.1, -0.05) is 11.6 Å². The molecule has 0 unspecified atom stereocenters. The molecule has 2 aromatic carbocycles. The molecule has 2 N–H and O–H groups in total. The van der Waals surface area contributed by atoms with Gasteiger partial charge in [0.2, 0.25) is 0 Å². The average molecular weight is 302 g/mol. The number of hydrogen-bond donors (Lipinski definition) is 1. The lowest BCUT2D eigenvalue weighted by Crippen LogP contribution is -2.00. The smallest absolute Gasteiger partial charge is 0.187 e. The van der Waals surface area contributed by atoms with Gasteiger partial charge in [-0.2, -0.15) is 4.68 Å². The maximum absolute atomic E-state index is 5.90. The second-order valence-corrected chi connectivity index (χ2v) is 4.78. The van der Waals surface area contributed by atoms with E-state index in [1.165, 1.54) is 0 Å². The van der Waals surface area contributed by atoms with Crippen LogP contribution in [0.25, 0.3) is 17.1 Å². The molecule has 0 amide bonds. The Morgan fingerprint density at radius 1 is 1.14 bits per heavy atom. The minimum atomic E-state index is 0.562. The molecule has 0 saturated carbocycles. The average Bonchev–Trinajstić information content (AvgIpc) is 2.98. The molecule has 0 aliphatic carbocycles. The van der Waals surface area contributed by atoms with Crippen molar-refractivity contribution < 1.29 is 4.74 Å². The fourth-order valence-electron chi connectivity index (χ4n) is 1.97. The van der Waals surface area contributed by atoms with Crippen LogP contribution in [-0.2, 0) is 0 Å². The first-order valence-corrected chi connectivity index (χ1v) is 6.55. The Morgan fingerprint density at radius 2 is 1.90 bits per heavy atom. The van der Waals surface area contributed by atoms with Gasteiger partial charge in [-0.05, 0) is 52.9 Å². The van der Waals surface area contributed by atoms with E-state index in [0.29, 0.717) is 22.3 Å². The number of nitrogens with two attached hydrogens (primary N) is 1. The number of rotatable bonds is 3. The van der Waals surface area contributed by atoms with Crippen molar-refractivity contribution in [2.45, 2.75) is 0 Å². The lowest BCUT2D eigenvalue weighted by molar-refractivity contribution is 0.417. The van der Waals surface area contributed by atoms with E-state index in [-0.39, 0.29) is 0 Å². The Labute approximate surface area is 126 Å². The predicted octanol–water partition coefficient (Wildman–Crippen LogP) is 2.57. The third kappa shape index (κ3) is 2.53. The van der Waals surface area contributed by atoms with Crippen molar-refractivity contribution in [2.75, 3.05) is 12.8 Å². The summed E-state index contributed by atoms with van der Waals surface area (Å²) in [6.45, 7) is 0. The van der Waals surface area contributed by atoms with Crippen LogP contribution in [0.15, 0.2) is 42.5 Å². The molecule has 3 rings (SSSR count). The first kappa shape index (κ1) is 13.4. The van der Waals surface area contributed by atoms with Crippen molar-refractivity contribution in [3.05, 3.63) is 47.5 Å². The van der Waals surface area contributed by atoms with Gasteiger partial charge in [-0.3, -0.25) is 0 Å². The molecule has 0 aliphatic rings. The van der Waals surface area contributed by atoms with Crippen molar-refractivity contribution in [3.8, 4) is 22.8 Å². The van der Waals surface area contributed by atoms with Gasteiger partial charge in [0.05, 0.1) is 18.5 Å². The molecule has 0 atom stereocenters. The number of aromatic nitrogens is 4. The quantitative estimate of drug-likeness (QED) is 0.752. The highest BCUT2D eigenvalue weighted by Gasteiger charge is 2.12. The lowest BCUT2D eigenvalue weighted by Gasteiger charge is -2.08. The molecule has 1 heterocycles. The molecule has 21 heavy (non-hydrogen) atoms. The van der Waals surface area contributed by atoms with Gasteiger partial charge < -0.3 is 10.5 Å². The van der Waals surface area contributed by atoms with E-state index in [1.54, 1.807) is 36.1 Å². The Hall–Kier alpha value is -2.60. The first-order chi connectivity index (χ1) is 10.2. The third-order valence-corrected chi connectivity index (χ3v) is 3.28. The van der Waals surface area contributed by atoms with Gasteiger partial charge in [0.1, 0.15) is 5.75 Å². The summed E-state index contributed by atoms with van der Waals surface area (Å²) in [6, 6.07) is 12.7. The van der Waals surface area contributed by atoms with E-state index in [9.17, 15) is 0 Å². The van der Waals surface area contributed by atoms with Crippen molar-refractivity contribution in [3.63, 3.8) is 0 Å². The molecule has 0 fully saturated rings. The molecule has 0 saturated heterocycles. The molecule has 0 bridgehead atoms. The minimum absolute atomic E-state index is 0.562. The summed E-state index contributed by atoms with van der Waals surface area (Å²) in [5.41, 5.74) is 8.00. The van der Waals surface area contributed by atoms with E-state index in [0.717, 1.165) is 11.3 Å². The van der Waals surface area contributed by atoms with Crippen LogP contribution in [0.3, 0.4) is 0 Å². The third-order valence-electron chi connectivity index (χ3n) is 3.03. The van der Waals surface area contributed by atoms with Crippen molar-refractivity contribution in [1.29, 1.82) is 0 Å². The zero-order chi connectivity index (χ0) is 14.8. The number of ether oxygens (including phenoxy) is 1. The number of nitrogen functional groups attached to an aromatic ring is 1. The van der Waals surface area contributed by atoms with Crippen LogP contribution in [0, 0.1) is 0 Å². The van der Waals surface area contributed by atoms with Gasteiger partial charge in [0, 0.05) is 10.6 Å². The first-order valence-electron chi connectivity index (χ1n) is 6.17. The van der Waals surface area contributed by atoms with E-state index in [1.807, 2.05) is 18.2 Å². The second kappa shape index (κ2) is 5.41. The molecular weight excluding hydrogens is 290 g/mol. The van der Waals surface area contributed by atoms with Gasteiger partial charge in [-0.25, -0.2) is 0 Å². The fraction of sp³-hybridized carbons (Fsp3) is 0.0714. The van der Waals surface area contributed by atoms with Crippen LogP contribution in [0.2, 0.25) is 5.02 Å². The van der Waals surface area contributed by atoms with E-state index < -0.39 is 0 Å². The number of hydrogen-bond acceptors (Lipinski definition) is 5. The van der Waals surface area contributed by atoms with Crippen LogP contribution in [0.5, 0.6) is 5.75 Å². The zero-order valence-electron chi connectivity index (χ0n) is 11.2. The van der Waals surface area contributed by atoms with E-state index in [4.69, 9.17) is 22.1 Å². The highest BCUT2D eigenvalue weighted by molar-refractivity contribution is 6.30. The maximum Gasteiger partial charge on any atom is 0.187 e. The number of tetrazole rings is 1. The number of anilines is 1. The van der Waals surface area contributed by atoms with Gasteiger partial charge in [-0.15, -0.1) is 5.10 Å². The SMILES string of the molecule is COc1cc(-c2nnnn2-c2ccc(Cl)cc2)ccc1N. The van der Waals surface area contributed by atoms with Crippen LogP contribution in [0.4, 0.5) is 5.69 Å². The minimum Gasteiger partial charge on any atom is -0.495 e. The van der Waals surface area contributed by atoms with E-state index >= 15 is 0 Å². The van der Waals surface area contributed by atoms with Crippen molar-refractivity contribution in [2.24, 2.45) is 0 Å². The summed E-state index contributed by atoms with van der Waals surface area (Å²) < 4.78 is 6.85. The Kier molecular flexibility index (Phi) is 3.45. The topological polar surface area (TPSA) is 78.9 Å². The molecule has 106 valence electrons. The molecule has 6 nitrogen and oxygen atoms in total. The summed E-state index contributed by atoms with van der Waals surface area (Å²) in [5, 5.41) is 12.5. The van der Waals surface area contributed by atoms with Gasteiger partial charge >= 0.3 is 0 Å². The Bertz CT molecular complexity index is 769. The summed E-state index contributed by atoms with van der Waals surface area (Å²) in [7, 11) is 1.57. The summed E-state index contributed by atoms with van der Waals surface area (Å²) in [4.78, 5) is 0. The van der Waals surface area contributed by atoms with E-state index in [2.05, 4.69) is 15.5 Å². The van der Waals surface area contributed by atoms with Crippen LogP contribution in [-0.4, -0.2) is 27.3 Å². The second-order valence-electron chi connectivity index (χ2n) is 4.35. The Balaban J connectivity index is 2.08. The molecule has 1 aromatic heterocycles. The van der Waals surface area contributed by atoms with Crippen LogP contribution in [0.1, 0.15) is 0 Å². The largest absolute Gasteiger partial charge is 0.495 e. The summed E-state index contributed by atoms with van der Waals surface area (Å²) in [5.74, 6) is 1.17. The Morgan fingerprint density at radius 3 is 2.62 bits per heavy atom. The van der Waals surface area contributed by atoms with Gasteiger partial charge in [0.15, 0.2) is 5.82 Å². The van der Waals surface area contributed by atoms with Crippen molar-refractivity contribution >= 4 is 17.3 Å². The van der Waals surface area contributed by atoms with Crippen LogP contribution >= 0.6 is 11.6 Å². The zero-order valence-corrected chi connectivity index (χ0v) is 11.9. The normalized spacial score (nSPS) is 10.6. The number of nitrogens with zero attached hydrogens (tertiary/aromatic N) is 4. The maximum atomic E-state index is 5.90. The summed E-state index contributed by atoms with van der Waals surface area (Å²) in [6.07, 6.45) is 0.